The number of rotatable bonds is 10. The topological polar surface area (TPSA) is 99.2 Å². The number of alkyl halides is 3. The van der Waals surface area contributed by atoms with E-state index >= 15 is 0 Å². The highest BCUT2D eigenvalue weighted by Gasteiger charge is 2.34. The molecule has 2 aromatic heterocycles. The van der Waals surface area contributed by atoms with Crippen LogP contribution in [0.3, 0.4) is 0 Å². The Balaban J connectivity index is 2.11. The smallest absolute Gasteiger partial charge is 0.419 e. The molecule has 0 aliphatic heterocycles. The van der Waals surface area contributed by atoms with Crippen LogP contribution < -0.4 is 16.0 Å². The molecule has 3 aromatic rings. The van der Waals surface area contributed by atoms with Crippen molar-refractivity contribution in [2.45, 2.75) is 58.9 Å². The van der Waals surface area contributed by atoms with Gasteiger partial charge in [-0.1, -0.05) is 32.4 Å². The van der Waals surface area contributed by atoms with Gasteiger partial charge in [-0.05, 0) is 37.3 Å². The largest absolute Gasteiger partial charge is 0.487 e. The van der Waals surface area contributed by atoms with Crippen LogP contribution in [-0.4, -0.2) is 30.8 Å². The molecule has 0 aliphatic carbocycles. The minimum atomic E-state index is -4.59. The van der Waals surface area contributed by atoms with Crippen LogP contribution in [0.1, 0.15) is 50.1 Å². The normalized spacial score (nSPS) is 12.0. The number of hydrogen-bond donors (Lipinski definition) is 1. The molecule has 1 aromatic carbocycles. The quantitative estimate of drug-likeness (QED) is 0.434. The van der Waals surface area contributed by atoms with Crippen LogP contribution >= 0.6 is 0 Å². The molecule has 2 heterocycles. The van der Waals surface area contributed by atoms with E-state index in [4.69, 9.17) is 9.84 Å². The number of ether oxygens (including phenoxy) is 1. The zero-order chi connectivity index (χ0) is 25.8. The number of fused-ring (bicyclic) bond motifs is 1. The van der Waals surface area contributed by atoms with Crippen molar-refractivity contribution < 1.29 is 23.0 Å². The van der Waals surface area contributed by atoms with E-state index in [-0.39, 0.29) is 48.3 Å². The average Bonchev–Trinajstić information content (AvgIpc) is 2.81. The van der Waals surface area contributed by atoms with Crippen molar-refractivity contribution in [3.8, 4) is 5.75 Å². The second-order valence-corrected chi connectivity index (χ2v) is 8.76. The minimum Gasteiger partial charge on any atom is -0.487 e. The third-order valence-electron chi connectivity index (χ3n) is 5.49. The molecule has 3 rings (SSSR count). The molecule has 0 unspecified atom stereocenters. The van der Waals surface area contributed by atoms with Crippen molar-refractivity contribution >= 4 is 11.2 Å². The Labute approximate surface area is 200 Å². The van der Waals surface area contributed by atoms with E-state index in [0.29, 0.717) is 31.4 Å². The highest BCUT2D eigenvalue weighted by molar-refractivity contribution is 5.69. The van der Waals surface area contributed by atoms with Gasteiger partial charge in [-0.2, -0.15) is 13.2 Å². The van der Waals surface area contributed by atoms with Gasteiger partial charge in [0, 0.05) is 20.2 Å². The van der Waals surface area contributed by atoms with E-state index < -0.39 is 23.0 Å². The first-order valence-electron chi connectivity index (χ1n) is 11.4. The SMILES string of the molecule is CC(C)Cn1c(=O)n(C)c(=O)c2nc(CCCCCO)c(COc3ccccc3C(F)(F)F)nc21. The number of aryl methyl sites for hydroxylation is 1. The summed E-state index contributed by atoms with van der Waals surface area (Å²) in [7, 11) is 1.37. The molecule has 0 radical (unpaired) electrons. The summed E-state index contributed by atoms with van der Waals surface area (Å²) in [5.74, 6) is -0.289. The first kappa shape index (κ1) is 26.4. The lowest BCUT2D eigenvalue weighted by molar-refractivity contribution is -0.139. The minimum absolute atomic E-state index is 0.0179. The van der Waals surface area contributed by atoms with E-state index in [1.807, 2.05) is 13.8 Å². The second kappa shape index (κ2) is 11.0. The molecule has 0 saturated carbocycles. The number of aromatic nitrogens is 4. The standard InChI is InChI=1S/C24H29F3N4O4/c1-15(2)13-31-21-20(22(33)30(3)23(31)34)28-17(10-5-4-8-12-32)18(29-21)14-35-19-11-7-6-9-16(19)24(25,26)27/h6-7,9,11,15,32H,4-5,8,10,12-14H2,1-3H3. The number of para-hydroxylation sites is 1. The number of aliphatic hydroxyl groups excluding tert-OH is 1. The van der Waals surface area contributed by atoms with Crippen LogP contribution in [-0.2, 0) is 32.8 Å². The summed E-state index contributed by atoms with van der Waals surface area (Å²) in [4.78, 5) is 34.6. The third-order valence-corrected chi connectivity index (χ3v) is 5.49. The molecule has 0 saturated heterocycles. The first-order valence-corrected chi connectivity index (χ1v) is 11.4. The van der Waals surface area contributed by atoms with Gasteiger partial charge >= 0.3 is 11.9 Å². The van der Waals surface area contributed by atoms with E-state index in [0.717, 1.165) is 10.6 Å². The molecule has 8 nitrogen and oxygen atoms in total. The van der Waals surface area contributed by atoms with Crippen LogP contribution in [0, 0.1) is 5.92 Å². The molecule has 0 fully saturated rings. The fraction of sp³-hybridized carbons (Fsp3) is 0.500. The lowest BCUT2D eigenvalue weighted by atomic mass is 10.1. The fourth-order valence-electron chi connectivity index (χ4n) is 3.74. The van der Waals surface area contributed by atoms with Gasteiger partial charge in [0.1, 0.15) is 18.1 Å². The zero-order valence-electron chi connectivity index (χ0n) is 19.9. The van der Waals surface area contributed by atoms with Gasteiger partial charge in [0.05, 0.1) is 11.3 Å². The van der Waals surface area contributed by atoms with Crippen LogP contribution in [0.2, 0.25) is 0 Å². The molecule has 0 bridgehead atoms. The molecule has 35 heavy (non-hydrogen) atoms. The molecular weight excluding hydrogens is 465 g/mol. The maximum absolute atomic E-state index is 13.4. The molecular formula is C24H29F3N4O4. The van der Waals surface area contributed by atoms with E-state index in [2.05, 4.69) is 9.97 Å². The van der Waals surface area contributed by atoms with Crippen LogP contribution in [0.5, 0.6) is 5.75 Å². The molecule has 0 aliphatic rings. The van der Waals surface area contributed by atoms with Crippen LogP contribution in [0.4, 0.5) is 13.2 Å². The summed E-state index contributed by atoms with van der Waals surface area (Å²) >= 11 is 0. The summed E-state index contributed by atoms with van der Waals surface area (Å²) in [6.07, 6.45) is -2.31. The predicted molar refractivity (Wildman–Crippen MR) is 124 cm³/mol. The number of halogens is 3. The van der Waals surface area contributed by atoms with Gasteiger partial charge in [0.2, 0.25) is 0 Å². The summed E-state index contributed by atoms with van der Waals surface area (Å²) in [5.41, 5.74) is -1.29. The Hall–Kier alpha value is -3.21. The highest BCUT2D eigenvalue weighted by atomic mass is 19.4. The Morgan fingerprint density at radius 3 is 2.43 bits per heavy atom. The van der Waals surface area contributed by atoms with Crippen molar-refractivity contribution in [2.24, 2.45) is 13.0 Å². The molecule has 1 N–H and O–H groups in total. The van der Waals surface area contributed by atoms with E-state index in [1.54, 1.807) is 0 Å². The molecule has 0 atom stereocenters. The molecule has 0 amide bonds. The number of nitrogens with zero attached hydrogens (tertiary/aromatic N) is 4. The third kappa shape index (κ3) is 6.08. The Morgan fingerprint density at radius 2 is 1.77 bits per heavy atom. The van der Waals surface area contributed by atoms with Crippen LogP contribution in [0.15, 0.2) is 33.9 Å². The molecule has 190 valence electrons. The van der Waals surface area contributed by atoms with Gasteiger partial charge in [-0.3, -0.25) is 13.9 Å². The van der Waals surface area contributed by atoms with Gasteiger partial charge in [0.15, 0.2) is 11.2 Å². The molecule has 0 spiro atoms. The van der Waals surface area contributed by atoms with Gasteiger partial charge < -0.3 is 9.84 Å². The lowest BCUT2D eigenvalue weighted by Gasteiger charge is -2.17. The van der Waals surface area contributed by atoms with Crippen molar-refractivity contribution in [1.82, 2.24) is 19.1 Å². The zero-order valence-corrected chi connectivity index (χ0v) is 19.9. The Kier molecular flexibility index (Phi) is 8.31. The fourth-order valence-corrected chi connectivity index (χ4v) is 3.74. The summed E-state index contributed by atoms with van der Waals surface area (Å²) < 4.78 is 48.1. The van der Waals surface area contributed by atoms with E-state index in [1.165, 1.54) is 29.8 Å². The Morgan fingerprint density at radius 1 is 1.06 bits per heavy atom. The highest BCUT2D eigenvalue weighted by Crippen LogP contribution is 2.36. The van der Waals surface area contributed by atoms with Crippen molar-refractivity contribution in [2.75, 3.05) is 6.61 Å². The van der Waals surface area contributed by atoms with Gasteiger partial charge in [-0.25, -0.2) is 14.8 Å². The number of hydrogen-bond acceptors (Lipinski definition) is 6. The molecule has 11 heteroatoms. The van der Waals surface area contributed by atoms with E-state index in [9.17, 15) is 22.8 Å². The van der Waals surface area contributed by atoms with Crippen molar-refractivity contribution in [3.05, 3.63) is 62.1 Å². The maximum Gasteiger partial charge on any atom is 0.419 e. The Bertz CT molecular complexity index is 1300. The maximum atomic E-state index is 13.4. The second-order valence-electron chi connectivity index (χ2n) is 8.76. The predicted octanol–water partition coefficient (Wildman–Crippen LogP) is 3.45. The number of aliphatic hydroxyl groups is 1. The average molecular weight is 495 g/mol. The monoisotopic (exact) mass is 494 g/mol. The van der Waals surface area contributed by atoms with Gasteiger partial charge in [-0.15, -0.1) is 0 Å². The van der Waals surface area contributed by atoms with Crippen LogP contribution in [0.25, 0.3) is 11.2 Å². The number of unbranched alkanes of at least 4 members (excludes halogenated alkanes) is 2. The lowest BCUT2D eigenvalue weighted by Crippen LogP contribution is -2.40. The first-order chi connectivity index (χ1) is 16.5. The van der Waals surface area contributed by atoms with Gasteiger partial charge in [0.25, 0.3) is 5.56 Å². The summed E-state index contributed by atoms with van der Waals surface area (Å²) in [5, 5.41) is 9.04. The van der Waals surface area contributed by atoms with Crippen molar-refractivity contribution in [1.29, 1.82) is 0 Å². The van der Waals surface area contributed by atoms with Crippen molar-refractivity contribution in [3.63, 3.8) is 0 Å². The summed E-state index contributed by atoms with van der Waals surface area (Å²) in [6, 6.07) is 4.87. The number of benzene rings is 1. The summed E-state index contributed by atoms with van der Waals surface area (Å²) in [6.45, 7) is 3.81.